The van der Waals surface area contributed by atoms with Gasteiger partial charge < -0.3 is 0 Å². The summed E-state index contributed by atoms with van der Waals surface area (Å²) in [5.41, 5.74) is 4.32. The maximum Gasteiger partial charge on any atom is 0.295 e. The van der Waals surface area contributed by atoms with E-state index in [1.165, 1.54) is 0 Å². The number of benzene rings is 1. The monoisotopic (exact) mass is 242 g/mol. The molecule has 0 aliphatic carbocycles. The van der Waals surface area contributed by atoms with E-state index >= 15 is 0 Å². The molecule has 90 valence electrons. The van der Waals surface area contributed by atoms with Crippen molar-refractivity contribution in [2.24, 2.45) is 0 Å². The number of aromatic nitrogens is 5. The van der Waals surface area contributed by atoms with E-state index in [2.05, 4.69) is 25.8 Å². The third-order valence-electron chi connectivity index (χ3n) is 2.55. The van der Waals surface area contributed by atoms with Gasteiger partial charge in [0.05, 0.1) is 5.69 Å². The fourth-order valence-electron chi connectivity index (χ4n) is 1.71. The van der Waals surface area contributed by atoms with Crippen LogP contribution in [0.4, 0.5) is 5.69 Å². The Balaban J connectivity index is 2.15. The van der Waals surface area contributed by atoms with Crippen molar-refractivity contribution in [1.29, 1.82) is 0 Å². The first-order valence-electron chi connectivity index (χ1n) is 5.38. The molecule has 0 spiro atoms. The Morgan fingerprint density at radius 2 is 2.06 bits per heavy atom. The Kier molecular flexibility index (Phi) is 2.30. The van der Waals surface area contributed by atoms with Gasteiger partial charge in [-0.05, 0) is 19.1 Å². The van der Waals surface area contributed by atoms with Crippen LogP contribution in [0.5, 0.6) is 0 Å². The normalized spacial score (nSPS) is 10.7. The number of H-pyrrole nitrogens is 1. The molecule has 0 fully saturated rings. The standard InChI is InChI=1S/C11H10N6O/c1-7-12-9-10(13-16-14-11(9)18)17(7)15-8-5-3-2-4-6-8/h2-6,15H,1H3,(H,13,14,18). The number of fused-ring (bicyclic) bond motifs is 1. The van der Waals surface area contributed by atoms with Crippen molar-refractivity contribution in [3.05, 3.63) is 46.5 Å². The van der Waals surface area contributed by atoms with Gasteiger partial charge in [0, 0.05) is 0 Å². The molecule has 2 heterocycles. The molecule has 0 saturated carbocycles. The van der Waals surface area contributed by atoms with Crippen molar-refractivity contribution >= 4 is 16.9 Å². The molecule has 0 aliphatic rings. The SMILES string of the molecule is Cc1nc2c(=O)[nH]nnc2n1Nc1ccccc1. The van der Waals surface area contributed by atoms with E-state index in [0.717, 1.165) is 5.69 Å². The zero-order valence-corrected chi connectivity index (χ0v) is 9.58. The van der Waals surface area contributed by atoms with E-state index in [-0.39, 0.29) is 11.1 Å². The number of hydrogen-bond donors (Lipinski definition) is 2. The van der Waals surface area contributed by atoms with Crippen LogP contribution in [0.2, 0.25) is 0 Å². The molecule has 0 atom stereocenters. The van der Waals surface area contributed by atoms with Crippen LogP contribution in [-0.2, 0) is 0 Å². The van der Waals surface area contributed by atoms with Crippen LogP contribution in [0.1, 0.15) is 5.82 Å². The Labute approximate surface area is 101 Å². The highest BCUT2D eigenvalue weighted by Gasteiger charge is 2.12. The van der Waals surface area contributed by atoms with Gasteiger partial charge in [0.2, 0.25) is 5.65 Å². The third kappa shape index (κ3) is 1.61. The molecule has 2 aromatic heterocycles. The summed E-state index contributed by atoms with van der Waals surface area (Å²) in [4.78, 5) is 15.7. The quantitative estimate of drug-likeness (QED) is 0.690. The van der Waals surface area contributed by atoms with Crippen LogP contribution < -0.4 is 11.0 Å². The van der Waals surface area contributed by atoms with Gasteiger partial charge in [-0.2, -0.15) is 0 Å². The predicted molar refractivity (Wildman–Crippen MR) is 66.1 cm³/mol. The van der Waals surface area contributed by atoms with Gasteiger partial charge in [-0.1, -0.05) is 23.4 Å². The lowest BCUT2D eigenvalue weighted by molar-refractivity contribution is 0.836. The van der Waals surface area contributed by atoms with E-state index in [4.69, 9.17) is 0 Å². The van der Waals surface area contributed by atoms with Gasteiger partial charge >= 0.3 is 0 Å². The van der Waals surface area contributed by atoms with Gasteiger partial charge in [0.15, 0.2) is 5.52 Å². The van der Waals surface area contributed by atoms with Gasteiger partial charge in [-0.15, -0.1) is 5.10 Å². The van der Waals surface area contributed by atoms with Crippen LogP contribution in [-0.4, -0.2) is 25.1 Å². The molecule has 0 saturated heterocycles. The number of para-hydroxylation sites is 1. The van der Waals surface area contributed by atoms with Crippen molar-refractivity contribution in [3.8, 4) is 0 Å². The second-order valence-electron chi connectivity index (χ2n) is 3.79. The maximum atomic E-state index is 11.5. The minimum atomic E-state index is -0.350. The summed E-state index contributed by atoms with van der Waals surface area (Å²) in [7, 11) is 0. The number of nitrogens with one attached hydrogen (secondary N) is 2. The lowest BCUT2D eigenvalue weighted by Crippen LogP contribution is -2.14. The summed E-state index contributed by atoms with van der Waals surface area (Å²) in [5, 5.41) is 9.69. The molecule has 3 aromatic rings. The highest BCUT2D eigenvalue weighted by Crippen LogP contribution is 2.11. The number of aryl methyl sites for hydroxylation is 1. The van der Waals surface area contributed by atoms with E-state index in [1.54, 1.807) is 11.6 Å². The van der Waals surface area contributed by atoms with Crippen molar-refractivity contribution in [1.82, 2.24) is 25.1 Å². The Morgan fingerprint density at radius 1 is 1.28 bits per heavy atom. The van der Waals surface area contributed by atoms with Gasteiger partial charge in [0.1, 0.15) is 5.82 Å². The zero-order valence-electron chi connectivity index (χ0n) is 9.58. The fraction of sp³-hybridized carbons (Fsp3) is 0.0909. The third-order valence-corrected chi connectivity index (χ3v) is 2.55. The number of nitrogens with zero attached hydrogens (tertiary/aromatic N) is 4. The van der Waals surface area contributed by atoms with Crippen molar-refractivity contribution in [3.63, 3.8) is 0 Å². The van der Waals surface area contributed by atoms with Crippen molar-refractivity contribution < 1.29 is 0 Å². The molecule has 3 rings (SSSR count). The summed E-state index contributed by atoms with van der Waals surface area (Å²) in [6.45, 7) is 1.79. The average molecular weight is 242 g/mol. The fourth-order valence-corrected chi connectivity index (χ4v) is 1.71. The lowest BCUT2D eigenvalue weighted by Gasteiger charge is -2.08. The highest BCUT2D eigenvalue weighted by atomic mass is 16.1. The Morgan fingerprint density at radius 3 is 2.83 bits per heavy atom. The summed E-state index contributed by atoms with van der Waals surface area (Å²) in [6, 6.07) is 9.57. The van der Waals surface area contributed by atoms with Crippen molar-refractivity contribution in [2.75, 3.05) is 5.43 Å². The van der Waals surface area contributed by atoms with Crippen LogP contribution in [0, 0.1) is 6.92 Å². The molecule has 0 amide bonds. The number of anilines is 1. The molecule has 0 radical (unpaired) electrons. The predicted octanol–water partition coefficient (Wildman–Crippen LogP) is 0.698. The first kappa shape index (κ1) is 10.5. The zero-order chi connectivity index (χ0) is 12.5. The highest BCUT2D eigenvalue weighted by molar-refractivity contribution is 5.70. The van der Waals surface area contributed by atoms with Gasteiger partial charge in [-0.25, -0.2) is 14.8 Å². The molecule has 0 aliphatic heterocycles. The van der Waals surface area contributed by atoms with Gasteiger partial charge in [0.25, 0.3) is 5.56 Å². The average Bonchev–Trinajstić information content (AvgIpc) is 2.70. The minimum absolute atomic E-state index is 0.269. The first-order valence-corrected chi connectivity index (χ1v) is 5.38. The maximum absolute atomic E-state index is 11.5. The second-order valence-corrected chi connectivity index (χ2v) is 3.79. The Hall–Kier alpha value is -2.70. The van der Waals surface area contributed by atoms with Crippen LogP contribution in [0.25, 0.3) is 11.2 Å². The van der Waals surface area contributed by atoms with Gasteiger partial charge in [-0.3, -0.25) is 10.2 Å². The molecule has 7 nitrogen and oxygen atoms in total. The van der Waals surface area contributed by atoms with Crippen molar-refractivity contribution in [2.45, 2.75) is 6.92 Å². The minimum Gasteiger partial charge on any atom is -0.291 e. The number of rotatable bonds is 2. The summed E-state index contributed by atoms with van der Waals surface area (Å²) >= 11 is 0. The largest absolute Gasteiger partial charge is 0.295 e. The van der Waals surface area contributed by atoms with E-state index in [0.29, 0.717) is 11.5 Å². The molecular weight excluding hydrogens is 232 g/mol. The second kappa shape index (κ2) is 3.95. The number of imidazole rings is 1. The first-order chi connectivity index (χ1) is 8.75. The van der Waals surface area contributed by atoms with E-state index in [9.17, 15) is 4.79 Å². The summed E-state index contributed by atoms with van der Waals surface area (Å²) < 4.78 is 1.63. The van der Waals surface area contributed by atoms with E-state index < -0.39 is 0 Å². The van der Waals surface area contributed by atoms with Crippen LogP contribution >= 0.6 is 0 Å². The summed E-state index contributed by atoms with van der Waals surface area (Å²) in [5.74, 6) is 0.639. The summed E-state index contributed by atoms with van der Waals surface area (Å²) in [6.07, 6.45) is 0. The van der Waals surface area contributed by atoms with Crippen LogP contribution in [0.3, 0.4) is 0 Å². The molecule has 18 heavy (non-hydrogen) atoms. The smallest absolute Gasteiger partial charge is 0.291 e. The molecular formula is C11H10N6O. The molecule has 0 bridgehead atoms. The molecule has 2 N–H and O–H groups in total. The topological polar surface area (TPSA) is 88.5 Å². The molecule has 7 heteroatoms. The molecule has 1 aromatic carbocycles. The lowest BCUT2D eigenvalue weighted by atomic mass is 10.3. The van der Waals surface area contributed by atoms with E-state index in [1.807, 2.05) is 30.3 Å². The Bertz CT molecular complexity index is 745. The molecule has 0 unspecified atom stereocenters. The number of hydrogen-bond acceptors (Lipinski definition) is 5. The van der Waals surface area contributed by atoms with Crippen LogP contribution in [0.15, 0.2) is 35.1 Å². The number of aromatic amines is 1.